The van der Waals surface area contributed by atoms with E-state index in [9.17, 15) is 18.8 Å². The Morgan fingerprint density at radius 3 is 2.34 bits per heavy atom. The van der Waals surface area contributed by atoms with Crippen molar-refractivity contribution in [1.29, 1.82) is 0 Å². The van der Waals surface area contributed by atoms with E-state index in [-0.39, 0.29) is 11.6 Å². The van der Waals surface area contributed by atoms with Gasteiger partial charge in [-0.2, -0.15) is 0 Å². The average molecular weight is 397 g/mol. The van der Waals surface area contributed by atoms with Crippen molar-refractivity contribution < 1.29 is 23.5 Å². The quantitative estimate of drug-likeness (QED) is 0.579. The third-order valence-corrected chi connectivity index (χ3v) is 5.43. The first-order valence-electron chi connectivity index (χ1n) is 9.71. The Balaban J connectivity index is 1.71. The number of hydrogen-bond donors (Lipinski definition) is 1. The Morgan fingerprint density at radius 2 is 1.72 bits per heavy atom. The molecule has 0 radical (unpaired) electrons. The number of rotatable bonds is 6. The lowest BCUT2D eigenvalue weighted by Gasteiger charge is -2.28. The molecule has 1 aliphatic rings. The fraction of sp³-hybridized carbons (Fsp3) is 0.348. The predicted octanol–water partition coefficient (Wildman–Crippen LogP) is 4.41. The van der Waals surface area contributed by atoms with Crippen LogP contribution in [0.4, 0.5) is 10.1 Å². The van der Waals surface area contributed by atoms with Gasteiger partial charge in [0, 0.05) is 11.3 Å². The van der Waals surface area contributed by atoms with E-state index in [2.05, 4.69) is 5.32 Å². The highest BCUT2D eigenvalue weighted by Gasteiger charge is 2.45. The normalized spacial score (nSPS) is 16.1. The molecule has 0 aromatic heterocycles. The average Bonchev–Trinajstić information content (AvgIpc) is 3.20. The van der Waals surface area contributed by atoms with Crippen LogP contribution in [0.5, 0.6) is 0 Å². The maximum absolute atomic E-state index is 13.3. The summed E-state index contributed by atoms with van der Waals surface area (Å²) in [4.78, 5) is 37.0. The fourth-order valence-corrected chi connectivity index (χ4v) is 3.74. The Labute approximate surface area is 169 Å². The monoisotopic (exact) mass is 397 g/mol. The number of Topliss-reactive ketones (excluding diaryl/α,β-unsaturated/α-hetero) is 1. The van der Waals surface area contributed by atoms with Crippen LogP contribution >= 0.6 is 0 Å². The maximum Gasteiger partial charge on any atom is 0.317 e. The van der Waals surface area contributed by atoms with Gasteiger partial charge < -0.3 is 10.1 Å². The van der Waals surface area contributed by atoms with E-state index >= 15 is 0 Å². The molecule has 1 N–H and O–H groups in total. The molecule has 2 aromatic rings. The number of halogens is 1. The van der Waals surface area contributed by atoms with E-state index in [4.69, 9.17) is 4.74 Å². The van der Waals surface area contributed by atoms with E-state index in [1.807, 2.05) is 0 Å². The molecule has 0 heterocycles. The summed E-state index contributed by atoms with van der Waals surface area (Å²) in [5.74, 6) is -1.42. The molecule has 2 aromatic carbocycles. The molecule has 0 aliphatic heterocycles. The number of ether oxygens (including phenoxy) is 1. The number of nitrogens with one attached hydrogen (secondary N) is 1. The number of anilines is 1. The number of benzene rings is 2. The summed E-state index contributed by atoms with van der Waals surface area (Å²) in [6, 6.07) is 12.5. The zero-order valence-electron chi connectivity index (χ0n) is 16.5. The molecule has 1 saturated carbocycles. The van der Waals surface area contributed by atoms with Gasteiger partial charge in [-0.3, -0.25) is 14.4 Å². The molecule has 1 aliphatic carbocycles. The Bertz CT molecular complexity index is 917. The summed E-state index contributed by atoms with van der Waals surface area (Å²) in [5.41, 5.74) is 0.799. The van der Waals surface area contributed by atoms with Gasteiger partial charge in [-0.25, -0.2) is 4.39 Å². The van der Waals surface area contributed by atoms with Crippen LogP contribution in [0.1, 0.15) is 55.5 Å². The zero-order valence-corrected chi connectivity index (χ0v) is 16.5. The van der Waals surface area contributed by atoms with E-state index in [1.165, 1.54) is 26.0 Å². The highest BCUT2D eigenvalue weighted by molar-refractivity contribution is 5.99. The van der Waals surface area contributed by atoms with Crippen LogP contribution in [0.15, 0.2) is 48.5 Å². The number of ketones is 1. The van der Waals surface area contributed by atoms with Crippen LogP contribution in [-0.4, -0.2) is 23.8 Å². The molecule has 0 unspecified atom stereocenters. The van der Waals surface area contributed by atoms with E-state index in [0.29, 0.717) is 29.7 Å². The topological polar surface area (TPSA) is 72.5 Å². The molecular formula is C23H24FNO4. The van der Waals surface area contributed by atoms with Gasteiger partial charge in [-0.05, 0) is 56.5 Å². The molecule has 1 atom stereocenters. The van der Waals surface area contributed by atoms with E-state index in [1.54, 1.807) is 36.4 Å². The highest BCUT2D eigenvalue weighted by Crippen LogP contribution is 2.42. The summed E-state index contributed by atoms with van der Waals surface area (Å²) in [6.45, 7) is 2.96. The second-order valence-electron chi connectivity index (χ2n) is 7.47. The smallest absolute Gasteiger partial charge is 0.317 e. The van der Waals surface area contributed by atoms with Crippen molar-refractivity contribution >= 4 is 23.3 Å². The standard InChI is InChI=1S/C23H24FNO4/c1-15(26)17-6-5-7-20(14-17)25-21(27)16(2)29-22(28)23(12-3-4-13-23)18-8-10-19(24)11-9-18/h5-11,14,16H,3-4,12-13H2,1-2H3,(H,25,27)/t16-/m0/s1. The van der Waals surface area contributed by atoms with Gasteiger partial charge in [0.1, 0.15) is 5.82 Å². The Hall–Kier alpha value is -3.02. The van der Waals surface area contributed by atoms with Crippen LogP contribution in [-0.2, 0) is 19.7 Å². The van der Waals surface area contributed by atoms with Gasteiger partial charge >= 0.3 is 5.97 Å². The van der Waals surface area contributed by atoms with Crippen molar-refractivity contribution in [3.8, 4) is 0 Å². The van der Waals surface area contributed by atoms with E-state index in [0.717, 1.165) is 12.8 Å². The van der Waals surface area contributed by atoms with Crippen LogP contribution in [0.25, 0.3) is 0 Å². The summed E-state index contributed by atoms with van der Waals surface area (Å²) in [6.07, 6.45) is 1.93. The van der Waals surface area contributed by atoms with Crippen molar-refractivity contribution in [2.45, 2.75) is 51.0 Å². The molecule has 1 amide bonds. The second kappa shape index (κ2) is 8.55. The van der Waals surface area contributed by atoms with Crippen LogP contribution in [0, 0.1) is 5.82 Å². The molecule has 0 bridgehead atoms. The van der Waals surface area contributed by atoms with Crippen molar-refractivity contribution in [3.05, 3.63) is 65.5 Å². The molecule has 6 heteroatoms. The maximum atomic E-state index is 13.3. The number of carbonyl (C=O) groups is 3. The summed E-state index contributed by atoms with van der Waals surface area (Å²) in [5, 5.41) is 2.67. The summed E-state index contributed by atoms with van der Waals surface area (Å²) < 4.78 is 18.8. The first kappa shape index (κ1) is 20.7. The number of hydrogen-bond acceptors (Lipinski definition) is 4. The van der Waals surface area contributed by atoms with Crippen molar-refractivity contribution in [1.82, 2.24) is 0 Å². The van der Waals surface area contributed by atoms with Crippen LogP contribution in [0.3, 0.4) is 0 Å². The minimum atomic E-state index is -1.01. The first-order valence-corrected chi connectivity index (χ1v) is 9.71. The lowest BCUT2D eigenvalue weighted by atomic mass is 9.79. The van der Waals surface area contributed by atoms with Gasteiger partial charge in [0.05, 0.1) is 5.41 Å². The third-order valence-electron chi connectivity index (χ3n) is 5.43. The van der Waals surface area contributed by atoms with Crippen LogP contribution in [0.2, 0.25) is 0 Å². The number of esters is 1. The molecule has 0 saturated heterocycles. The minimum absolute atomic E-state index is 0.108. The lowest BCUT2D eigenvalue weighted by Crippen LogP contribution is -2.39. The Morgan fingerprint density at radius 1 is 1.07 bits per heavy atom. The highest BCUT2D eigenvalue weighted by atomic mass is 19.1. The van der Waals surface area contributed by atoms with Crippen molar-refractivity contribution in [2.75, 3.05) is 5.32 Å². The van der Waals surface area contributed by atoms with Gasteiger partial charge in [-0.15, -0.1) is 0 Å². The predicted molar refractivity (Wildman–Crippen MR) is 107 cm³/mol. The van der Waals surface area contributed by atoms with Crippen LogP contribution < -0.4 is 5.32 Å². The second-order valence-corrected chi connectivity index (χ2v) is 7.47. The number of amides is 1. The molecule has 5 nitrogen and oxygen atoms in total. The number of carbonyl (C=O) groups excluding carboxylic acids is 3. The molecule has 3 rings (SSSR count). The van der Waals surface area contributed by atoms with Gasteiger partial charge in [0.15, 0.2) is 11.9 Å². The molecule has 1 fully saturated rings. The van der Waals surface area contributed by atoms with Gasteiger partial charge in [0.2, 0.25) is 0 Å². The zero-order chi connectivity index (χ0) is 21.0. The van der Waals surface area contributed by atoms with Crippen molar-refractivity contribution in [2.24, 2.45) is 0 Å². The Kier molecular flexibility index (Phi) is 6.11. The minimum Gasteiger partial charge on any atom is -0.452 e. The summed E-state index contributed by atoms with van der Waals surface area (Å²) in [7, 11) is 0. The van der Waals surface area contributed by atoms with Gasteiger partial charge in [-0.1, -0.05) is 37.1 Å². The first-order chi connectivity index (χ1) is 13.8. The van der Waals surface area contributed by atoms with E-state index < -0.39 is 23.4 Å². The SMILES string of the molecule is CC(=O)c1cccc(NC(=O)[C@H](C)OC(=O)C2(c3ccc(F)cc3)CCCC2)c1. The molecule has 0 spiro atoms. The summed E-state index contributed by atoms with van der Waals surface area (Å²) >= 11 is 0. The largest absolute Gasteiger partial charge is 0.452 e. The fourth-order valence-electron chi connectivity index (χ4n) is 3.74. The molecule has 152 valence electrons. The molecule has 29 heavy (non-hydrogen) atoms. The molecular weight excluding hydrogens is 373 g/mol. The lowest BCUT2D eigenvalue weighted by molar-refractivity contribution is -0.159. The van der Waals surface area contributed by atoms with Gasteiger partial charge in [0.25, 0.3) is 5.91 Å². The third kappa shape index (κ3) is 4.53. The van der Waals surface area contributed by atoms with Crippen molar-refractivity contribution in [3.63, 3.8) is 0 Å².